The third-order valence-corrected chi connectivity index (χ3v) is 3.78. The van der Waals surface area contributed by atoms with Crippen molar-refractivity contribution < 1.29 is 13.9 Å². The molecule has 0 radical (unpaired) electrons. The molecule has 1 aromatic carbocycles. The van der Waals surface area contributed by atoms with Gasteiger partial charge in [0.1, 0.15) is 5.76 Å². The second-order valence-electron chi connectivity index (χ2n) is 4.86. The minimum absolute atomic E-state index is 0.0163. The molecule has 0 spiro atoms. The molecule has 1 aromatic heterocycles. The number of nitrogens with one attached hydrogen (secondary N) is 1. The Morgan fingerprint density at radius 1 is 1.24 bits per heavy atom. The van der Waals surface area contributed by atoms with Crippen LogP contribution in [0.25, 0.3) is 0 Å². The Balaban J connectivity index is 2.05. The summed E-state index contributed by atoms with van der Waals surface area (Å²) >= 11 is 3.47. The predicted octanol–water partition coefficient (Wildman–Crippen LogP) is 4.24. The molecular formula is C16H18BrNO3. The molecule has 0 saturated carbocycles. The standard InChI is InChI=1S/C16H18BrNO3/c1-10(12-5-4-6-13(17)9-12)18-11(2)14-7-8-15(21-14)16(19)20-3/h4-11,18H,1-3H3/t10-,11?/m0/s1. The molecule has 112 valence electrons. The van der Waals surface area contributed by atoms with E-state index in [-0.39, 0.29) is 17.8 Å². The van der Waals surface area contributed by atoms with Gasteiger partial charge in [0, 0.05) is 10.5 Å². The number of methoxy groups -OCH3 is 1. The van der Waals surface area contributed by atoms with Crippen molar-refractivity contribution in [3.05, 3.63) is 58.0 Å². The van der Waals surface area contributed by atoms with Crippen LogP contribution < -0.4 is 5.32 Å². The summed E-state index contributed by atoms with van der Waals surface area (Å²) in [6.45, 7) is 4.08. The van der Waals surface area contributed by atoms with Crippen LogP contribution in [0.3, 0.4) is 0 Å². The largest absolute Gasteiger partial charge is 0.463 e. The van der Waals surface area contributed by atoms with E-state index in [0.717, 1.165) is 4.47 Å². The third kappa shape index (κ3) is 3.95. The van der Waals surface area contributed by atoms with Crippen molar-refractivity contribution in [3.8, 4) is 0 Å². The molecule has 2 atom stereocenters. The smallest absolute Gasteiger partial charge is 0.373 e. The molecule has 2 rings (SSSR count). The number of carbonyl (C=O) groups is 1. The van der Waals surface area contributed by atoms with Crippen LogP contribution in [0.4, 0.5) is 0 Å². The van der Waals surface area contributed by atoms with Gasteiger partial charge in [-0.1, -0.05) is 28.1 Å². The molecule has 21 heavy (non-hydrogen) atoms. The monoisotopic (exact) mass is 351 g/mol. The van der Waals surface area contributed by atoms with Gasteiger partial charge in [-0.15, -0.1) is 0 Å². The van der Waals surface area contributed by atoms with E-state index in [0.29, 0.717) is 5.76 Å². The summed E-state index contributed by atoms with van der Waals surface area (Å²) in [5.41, 5.74) is 1.18. The molecule has 1 unspecified atom stereocenters. The van der Waals surface area contributed by atoms with Crippen LogP contribution in [0.5, 0.6) is 0 Å². The van der Waals surface area contributed by atoms with E-state index in [2.05, 4.69) is 45.0 Å². The van der Waals surface area contributed by atoms with Crippen LogP contribution in [0.15, 0.2) is 45.3 Å². The predicted molar refractivity (Wildman–Crippen MR) is 84.2 cm³/mol. The van der Waals surface area contributed by atoms with E-state index in [9.17, 15) is 4.79 Å². The van der Waals surface area contributed by atoms with Gasteiger partial charge in [0.15, 0.2) is 0 Å². The van der Waals surface area contributed by atoms with Crippen molar-refractivity contribution in [1.82, 2.24) is 5.32 Å². The zero-order chi connectivity index (χ0) is 15.4. The first kappa shape index (κ1) is 15.8. The van der Waals surface area contributed by atoms with Crippen LogP contribution in [0.2, 0.25) is 0 Å². The summed E-state index contributed by atoms with van der Waals surface area (Å²) < 4.78 is 11.2. The molecule has 0 aliphatic carbocycles. The van der Waals surface area contributed by atoms with E-state index in [1.54, 1.807) is 12.1 Å². The average molecular weight is 352 g/mol. The Morgan fingerprint density at radius 3 is 2.67 bits per heavy atom. The van der Waals surface area contributed by atoms with E-state index >= 15 is 0 Å². The molecule has 0 aliphatic heterocycles. The fourth-order valence-electron chi connectivity index (χ4n) is 2.13. The molecule has 0 amide bonds. The maximum Gasteiger partial charge on any atom is 0.373 e. The first-order valence-electron chi connectivity index (χ1n) is 6.71. The molecule has 0 fully saturated rings. The highest BCUT2D eigenvalue weighted by Crippen LogP contribution is 2.23. The normalized spacial score (nSPS) is 13.7. The van der Waals surface area contributed by atoms with Gasteiger partial charge < -0.3 is 14.5 Å². The van der Waals surface area contributed by atoms with Crippen LogP contribution in [-0.4, -0.2) is 13.1 Å². The molecular weight excluding hydrogens is 334 g/mol. The fraction of sp³-hybridized carbons (Fsp3) is 0.312. The fourth-order valence-corrected chi connectivity index (χ4v) is 2.54. The topological polar surface area (TPSA) is 51.5 Å². The molecule has 5 heteroatoms. The lowest BCUT2D eigenvalue weighted by Crippen LogP contribution is -2.22. The first-order chi connectivity index (χ1) is 10.0. The van der Waals surface area contributed by atoms with Gasteiger partial charge in [0.2, 0.25) is 5.76 Å². The zero-order valence-corrected chi connectivity index (χ0v) is 13.8. The van der Waals surface area contributed by atoms with E-state index in [4.69, 9.17) is 4.42 Å². The number of rotatable bonds is 5. The Labute approximate surface area is 132 Å². The van der Waals surface area contributed by atoms with Crippen LogP contribution in [0, 0.1) is 0 Å². The maximum atomic E-state index is 11.4. The summed E-state index contributed by atoms with van der Waals surface area (Å²) in [7, 11) is 1.33. The number of hydrogen-bond acceptors (Lipinski definition) is 4. The Bertz CT molecular complexity index is 623. The molecule has 1 N–H and O–H groups in total. The highest BCUT2D eigenvalue weighted by atomic mass is 79.9. The van der Waals surface area contributed by atoms with Crippen LogP contribution >= 0.6 is 15.9 Å². The van der Waals surface area contributed by atoms with E-state index < -0.39 is 5.97 Å². The van der Waals surface area contributed by atoms with Gasteiger partial charge in [-0.2, -0.15) is 0 Å². The van der Waals surface area contributed by atoms with Gasteiger partial charge >= 0.3 is 5.97 Å². The molecule has 0 saturated heterocycles. The van der Waals surface area contributed by atoms with E-state index in [1.807, 2.05) is 19.1 Å². The van der Waals surface area contributed by atoms with Gasteiger partial charge in [-0.3, -0.25) is 0 Å². The number of hydrogen-bond donors (Lipinski definition) is 1. The highest BCUT2D eigenvalue weighted by molar-refractivity contribution is 9.10. The summed E-state index contributed by atoms with van der Waals surface area (Å²) in [5.74, 6) is 0.460. The molecule has 0 aliphatic rings. The van der Waals surface area contributed by atoms with Gasteiger partial charge in [0.25, 0.3) is 0 Å². The lowest BCUT2D eigenvalue weighted by atomic mass is 10.1. The second-order valence-corrected chi connectivity index (χ2v) is 5.77. The molecule has 2 aromatic rings. The first-order valence-corrected chi connectivity index (χ1v) is 7.50. The third-order valence-electron chi connectivity index (χ3n) is 3.29. The summed E-state index contributed by atoms with van der Waals surface area (Å²) in [4.78, 5) is 11.4. The van der Waals surface area contributed by atoms with Crippen molar-refractivity contribution in [2.45, 2.75) is 25.9 Å². The minimum atomic E-state index is -0.464. The van der Waals surface area contributed by atoms with Gasteiger partial charge in [-0.25, -0.2) is 4.79 Å². The number of furan rings is 1. The number of esters is 1. The van der Waals surface area contributed by atoms with Crippen molar-refractivity contribution in [1.29, 1.82) is 0 Å². The van der Waals surface area contributed by atoms with Crippen molar-refractivity contribution in [3.63, 3.8) is 0 Å². The number of carbonyl (C=O) groups excluding carboxylic acids is 1. The van der Waals surface area contributed by atoms with Crippen LogP contribution in [0.1, 0.15) is 47.8 Å². The van der Waals surface area contributed by atoms with Crippen molar-refractivity contribution >= 4 is 21.9 Å². The average Bonchev–Trinajstić information content (AvgIpc) is 2.96. The number of halogens is 1. The highest BCUT2D eigenvalue weighted by Gasteiger charge is 2.17. The Hall–Kier alpha value is -1.59. The van der Waals surface area contributed by atoms with Gasteiger partial charge in [-0.05, 0) is 43.7 Å². The van der Waals surface area contributed by atoms with E-state index in [1.165, 1.54) is 12.7 Å². The summed E-state index contributed by atoms with van der Waals surface area (Å²) in [5, 5.41) is 3.44. The Morgan fingerprint density at radius 2 is 2.00 bits per heavy atom. The molecule has 4 nitrogen and oxygen atoms in total. The zero-order valence-electron chi connectivity index (χ0n) is 12.2. The summed E-state index contributed by atoms with van der Waals surface area (Å²) in [6, 6.07) is 11.7. The Kier molecular flexibility index (Phi) is 5.20. The number of ether oxygens (including phenoxy) is 1. The molecule has 0 bridgehead atoms. The van der Waals surface area contributed by atoms with Crippen LogP contribution in [-0.2, 0) is 4.74 Å². The second kappa shape index (κ2) is 6.91. The quantitative estimate of drug-likeness (QED) is 0.818. The molecule has 1 heterocycles. The van der Waals surface area contributed by atoms with Crippen molar-refractivity contribution in [2.75, 3.05) is 7.11 Å². The maximum absolute atomic E-state index is 11.4. The number of benzene rings is 1. The summed E-state index contributed by atoms with van der Waals surface area (Å²) in [6.07, 6.45) is 0. The SMILES string of the molecule is COC(=O)c1ccc(C(C)N[C@@H](C)c2cccc(Br)c2)o1. The minimum Gasteiger partial charge on any atom is -0.463 e. The lowest BCUT2D eigenvalue weighted by molar-refractivity contribution is 0.0562. The lowest BCUT2D eigenvalue weighted by Gasteiger charge is -2.19. The van der Waals surface area contributed by atoms with Crippen molar-refractivity contribution in [2.24, 2.45) is 0 Å². The van der Waals surface area contributed by atoms with Gasteiger partial charge in [0.05, 0.1) is 13.2 Å².